The Morgan fingerprint density at radius 1 is 0.952 bits per heavy atom. The molecule has 2 aliphatic carbocycles. The monoisotopic (exact) mass is 631 g/mol. The van der Waals surface area contributed by atoms with Crippen molar-refractivity contribution in [1.29, 1.82) is 0 Å². The lowest BCUT2D eigenvalue weighted by Gasteiger charge is -2.33. The number of nitrogens with zero attached hydrogens (tertiary/aromatic N) is 1. The van der Waals surface area contributed by atoms with Gasteiger partial charge in [-0.05, 0) is 88.3 Å². The Balaban J connectivity index is 1.68. The van der Waals surface area contributed by atoms with Crippen molar-refractivity contribution in [3.63, 3.8) is 0 Å². The van der Waals surface area contributed by atoms with Gasteiger partial charge in [0.25, 0.3) is 0 Å². The quantitative estimate of drug-likeness (QED) is 0.337. The zero-order chi connectivity index (χ0) is 31.1. The molecular formula is C29H36F3NO7S2. The van der Waals surface area contributed by atoms with Crippen LogP contribution in [0.1, 0.15) is 82.0 Å². The number of sulfonamides is 1. The summed E-state index contributed by atoms with van der Waals surface area (Å²) in [4.78, 5) is 10.8. The first-order valence-electron chi connectivity index (χ1n) is 13.8. The first-order chi connectivity index (χ1) is 19.4. The van der Waals surface area contributed by atoms with Gasteiger partial charge in [-0.25, -0.2) is 21.6 Å². The number of halogens is 3. The van der Waals surface area contributed by atoms with E-state index in [1.54, 1.807) is 39.0 Å². The third kappa shape index (κ3) is 6.94. The van der Waals surface area contributed by atoms with E-state index < -0.39 is 64.3 Å². The van der Waals surface area contributed by atoms with Crippen LogP contribution in [0.25, 0.3) is 0 Å². The van der Waals surface area contributed by atoms with Crippen molar-refractivity contribution in [2.45, 2.75) is 98.6 Å². The lowest BCUT2D eigenvalue weighted by atomic mass is 9.87. The summed E-state index contributed by atoms with van der Waals surface area (Å²) >= 11 is 0. The van der Waals surface area contributed by atoms with Gasteiger partial charge >= 0.3 is 12.1 Å². The van der Waals surface area contributed by atoms with Crippen LogP contribution in [0.5, 0.6) is 5.75 Å². The second kappa shape index (κ2) is 11.8. The zero-order valence-corrected chi connectivity index (χ0v) is 25.7. The van der Waals surface area contributed by atoms with Gasteiger partial charge < -0.3 is 9.47 Å². The number of benzene rings is 2. The number of rotatable bonds is 8. The van der Waals surface area contributed by atoms with Crippen molar-refractivity contribution in [2.24, 2.45) is 0 Å². The predicted octanol–water partition coefficient (Wildman–Crippen LogP) is 5.84. The molecule has 0 unspecified atom stereocenters. The number of carbonyl (C=O) groups is 1. The van der Waals surface area contributed by atoms with E-state index in [4.69, 9.17) is 9.47 Å². The Hall–Kier alpha value is -2.64. The van der Waals surface area contributed by atoms with Crippen LogP contribution in [0.3, 0.4) is 0 Å². The highest BCUT2D eigenvalue weighted by molar-refractivity contribution is 7.92. The largest absolute Gasteiger partial charge is 0.482 e. The maximum Gasteiger partial charge on any atom is 0.416 e. The Morgan fingerprint density at radius 2 is 1.60 bits per heavy atom. The van der Waals surface area contributed by atoms with Gasteiger partial charge in [-0.1, -0.05) is 25.0 Å². The molecule has 4 rings (SSSR count). The molecule has 0 spiro atoms. The summed E-state index contributed by atoms with van der Waals surface area (Å²) in [6.07, 6.45) is -1.57. The molecule has 0 heterocycles. The Kier molecular flexibility index (Phi) is 9.07. The van der Waals surface area contributed by atoms with Gasteiger partial charge in [0.2, 0.25) is 10.0 Å². The minimum Gasteiger partial charge on any atom is -0.482 e. The molecule has 0 amide bonds. The van der Waals surface area contributed by atoms with Gasteiger partial charge in [0.05, 0.1) is 26.6 Å². The van der Waals surface area contributed by atoms with Crippen LogP contribution in [0, 0.1) is 0 Å². The van der Waals surface area contributed by atoms with Gasteiger partial charge in [-0.2, -0.15) is 17.5 Å². The lowest BCUT2D eigenvalue weighted by molar-refractivity contribution is -0.157. The fourth-order valence-electron chi connectivity index (χ4n) is 5.58. The first-order valence-corrected chi connectivity index (χ1v) is 16.8. The number of alkyl halides is 3. The fraction of sp³-hybridized carbons (Fsp3) is 0.552. The SMILES string of the molecule is CN([C@@H]1CCCc2c(OCC(=O)OC(C)(C)C)cccc21)S(=O)(=O)c1cc(C(F)(F)F)cc(S(=O)(=O)C2CCCC2)c1. The highest BCUT2D eigenvalue weighted by Crippen LogP contribution is 2.42. The molecule has 1 atom stereocenters. The molecule has 232 valence electrons. The van der Waals surface area contributed by atoms with E-state index >= 15 is 0 Å². The number of ether oxygens (including phenoxy) is 2. The van der Waals surface area contributed by atoms with Crippen LogP contribution in [0.4, 0.5) is 13.2 Å². The number of hydrogen-bond donors (Lipinski definition) is 0. The number of esters is 1. The van der Waals surface area contributed by atoms with Crippen LogP contribution in [0.2, 0.25) is 0 Å². The smallest absolute Gasteiger partial charge is 0.416 e. The summed E-state index contributed by atoms with van der Waals surface area (Å²) in [6, 6.07) is 6.13. The Labute approximate surface area is 245 Å². The molecule has 1 fully saturated rings. The Bertz CT molecular complexity index is 1540. The maximum atomic E-state index is 13.9. The summed E-state index contributed by atoms with van der Waals surface area (Å²) in [5.74, 6) is -0.182. The van der Waals surface area contributed by atoms with Gasteiger partial charge in [0.1, 0.15) is 11.4 Å². The molecule has 0 N–H and O–H groups in total. The molecule has 1 saturated carbocycles. The number of fused-ring (bicyclic) bond motifs is 1. The summed E-state index contributed by atoms with van der Waals surface area (Å²) in [5, 5.41) is -0.849. The number of hydrogen-bond acceptors (Lipinski definition) is 7. The van der Waals surface area contributed by atoms with E-state index in [1.807, 2.05) is 0 Å². The van der Waals surface area contributed by atoms with Crippen LogP contribution in [-0.4, -0.2) is 51.6 Å². The van der Waals surface area contributed by atoms with Crippen LogP contribution >= 0.6 is 0 Å². The molecule has 2 aromatic carbocycles. The predicted molar refractivity (Wildman–Crippen MR) is 149 cm³/mol. The maximum absolute atomic E-state index is 13.9. The molecule has 2 aliphatic rings. The number of sulfone groups is 1. The van der Waals surface area contributed by atoms with Crippen molar-refractivity contribution in [3.05, 3.63) is 53.1 Å². The van der Waals surface area contributed by atoms with Gasteiger partial charge in [-0.15, -0.1) is 0 Å². The van der Waals surface area contributed by atoms with Crippen molar-refractivity contribution >= 4 is 25.8 Å². The van der Waals surface area contributed by atoms with Crippen LogP contribution < -0.4 is 4.74 Å². The summed E-state index contributed by atoms with van der Waals surface area (Å²) < 4.78 is 108. The topological polar surface area (TPSA) is 107 Å². The van der Waals surface area contributed by atoms with E-state index in [0.29, 0.717) is 74.0 Å². The third-order valence-corrected chi connectivity index (χ3v) is 11.7. The zero-order valence-electron chi connectivity index (χ0n) is 24.0. The van der Waals surface area contributed by atoms with E-state index in [9.17, 15) is 34.8 Å². The van der Waals surface area contributed by atoms with Gasteiger partial charge in [0, 0.05) is 7.05 Å². The highest BCUT2D eigenvalue weighted by atomic mass is 32.2. The molecule has 0 aromatic heterocycles. The lowest BCUT2D eigenvalue weighted by Crippen LogP contribution is -2.34. The minimum absolute atomic E-state index is 0.317. The van der Waals surface area contributed by atoms with Gasteiger partial charge in [0.15, 0.2) is 16.4 Å². The second-order valence-corrected chi connectivity index (χ2v) is 16.0. The van der Waals surface area contributed by atoms with Crippen molar-refractivity contribution in [3.8, 4) is 5.75 Å². The molecular weight excluding hydrogens is 595 g/mol. The van der Waals surface area contributed by atoms with E-state index in [1.165, 1.54) is 7.05 Å². The van der Waals surface area contributed by atoms with Crippen LogP contribution in [0.15, 0.2) is 46.2 Å². The number of carbonyl (C=O) groups excluding carboxylic acids is 1. The molecule has 13 heteroatoms. The fourth-order valence-corrected chi connectivity index (χ4v) is 9.02. The molecule has 8 nitrogen and oxygen atoms in total. The standard InChI is InChI=1S/C29H36F3NO7S2/c1-28(2,3)40-27(34)18-39-26-14-8-11-23-24(26)12-7-13-25(23)33(4)42(37,38)22-16-19(29(30,31)32)15-21(17-22)41(35,36)20-9-5-6-10-20/h8,11,14-17,20,25H,5-7,9-10,12-13,18H2,1-4H3/t25-/m1/s1. The minimum atomic E-state index is -4.96. The van der Waals surface area contributed by atoms with E-state index in [0.717, 1.165) is 10.4 Å². The summed E-state index contributed by atoms with van der Waals surface area (Å²) in [7, 11) is -7.47. The highest BCUT2D eigenvalue weighted by Gasteiger charge is 2.39. The molecule has 0 aliphatic heterocycles. The molecule has 42 heavy (non-hydrogen) atoms. The normalized spacial score (nSPS) is 18.6. The van der Waals surface area contributed by atoms with Crippen molar-refractivity contribution in [1.82, 2.24) is 4.31 Å². The molecule has 0 bridgehead atoms. The van der Waals surface area contributed by atoms with Crippen LogP contribution in [-0.2, 0) is 42.0 Å². The third-order valence-electron chi connectivity index (χ3n) is 7.59. The van der Waals surface area contributed by atoms with Crippen molar-refractivity contribution < 1.29 is 44.3 Å². The average Bonchev–Trinajstić information content (AvgIpc) is 3.45. The van der Waals surface area contributed by atoms with Gasteiger partial charge in [-0.3, -0.25) is 0 Å². The molecule has 0 saturated heterocycles. The molecule has 0 radical (unpaired) electrons. The average molecular weight is 632 g/mol. The molecule has 2 aromatic rings. The van der Waals surface area contributed by atoms with Crippen molar-refractivity contribution in [2.75, 3.05) is 13.7 Å². The first kappa shape index (κ1) is 32.3. The van der Waals surface area contributed by atoms with E-state index in [-0.39, 0.29) is 6.61 Å². The summed E-state index contributed by atoms with van der Waals surface area (Å²) in [5.41, 5.74) is -0.749. The van der Waals surface area contributed by atoms with E-state index in [2.05, 4.69) is 0 Å². The Morgan fingerprint density at radius 3 is 2.21 bits per heavy atom. The second-order valence-electron chi connectivity index (χ2n) is 11.8. The summed E-state index contributed by atoms with van der Waals surface area (Å²) in [6.45, 7) is 4.84.